The molecule has 34 heavy (non-hydrogen) atoms. The van der Waals surface area contributed by atoms with Gasteiger partial charge in [0.25, 0.3) is 0 Å². The summed E-state index contributed by atoms with van der Waals surface area (Å²) in [4.78, 5) is 40.0. The molecule has 182 valence electrons. The molecule has 0 aliphatic carbocycles. The van der Waals surface area contributed by atoms with Crippen molar-refractivity contribution in [2.45, 2.75) is 45.1 Å². The van der Waals surface area contributed by atoms with E-state index in [4.69, 9.17) is 4.74 Å². The van der Waals surface area contributed by atoms with Gasteiger partial charge in [0.2, 0.25) is 11.8 Å². The second-order valence-corrected chi connectivity index (χ2v) is 9.60. The number of rotatable bonds is 7. The molecule has 1 aliphatic heterocycles. The van der Waals surface area contributed by atoms with Crippen molar-refractivity contribution < 1.29 is 19.1 Å². The highest BCUT2D eigenvalue weighted by Gasteiger charge is 2.33. The number of nitrogens with zero attached hydrogens (tertiary/aromatic N) is 1. The van der Waals surface area contributed by atoms with Crippen molar-refractivity contribution in [3.05, 3.63) is 71.8 Å². The SMILES string of the molecule is CC(C)(C)OC(=O)NCCNC(=O)C1CCCN(C(=O)C(c2ccccc2)c2ccccc2)C1. The van der Waals surface area contributed by atoms with Crippen molar-refractivity contribution in [3.63, 3.8) is 0 Å². The summed E-state index contributed by atoms with van der Waals surface area (Å²) >= 11 is 0. The van der Waals surface area contributed by atoms with E-state index < -0.39 is 17.6 Å². The van der Waals surface area contributed by atoms with Gasteiger partial charge in [-0.2, -0.15) is 0 Å². The molecule has 3 amide bonds. The van der Waals surface area contributed by atoms with E-state index in [-0.39, 0.29) is 24.3 Å². The van der Waals surface area contributed by atoms with Crippen LogP contribution in [0.15, 0.2) is 60.7 Å². The normalized spacial score (nSPS) is 16.1. The third kappa shape index (κ3) is 7.33. The van der Waals surface area contributed by atoms with Gasteiger partial charge in [-0.15, -0.1) is 0 Å². The highest BCUT2D eigenvalue weighted by Crippen LogP contribution is 2.29. The lowest BCUT2D eigenvalue weighted by molar-refractivity contribution is -0.136. The predicted octanol–water partition coefficient (Wildman–Crippen LogP) is 3.70. The molecule has 1 aliphatic rings. The standard InChI is InChI=1S/C27H35N3O4/c1-27(2,3)34-26(33)29-17-16-28-24(31)22-15-10-18-30(19-22)25(32)23(20-11-6-4-7-12-20)21-13-8-5-9-14-21/h4-9,11-14,22-23H,10,15-19H2,1-3H3,(H,28,31)(H,29,33). The second kappa shape index (κ2) is 11.7. The van der Waals surface area contributed by atoms with E-state index in [1.165, 1.54) is 0 Å². The first-order valence-corrected chi connectivity index (χ1v) is 11.9. The Bertz CT molecular complexity index is 917. The van der Waals surface area contributed by atoms with Crippen LogP contribution in [-0.4, -0.2) is 54.6 Å². The number of benzene rings is 2. The average Bonchev–Trinajstić information content (AvgIpc) is 2.82. The Labute approximate surface area is 201 Å². The molecule has 1 saturated heterocycles. The van der Waals surface area contributed by atoms with Gasteiger partial charge in [-0.05, 0) is 44.7 Å². The van der Waals surface area contributed by atoms with Crippen molar-refractivity contribution in [3.8, 4) is 0 Å². The van der Waals surface area contributed by atoms with Crippen LogP contribution in [0.25, 0.3) is 0 Å². The molecule has 0 bridgehead atoms. The van der Waals surface area contributed by atoms with Gasteiger partial charge in [0.05, 0.1) is 11.8 Å². The van der Waals surface area contributed by atoms with Crippen molar-refractivity contribution >= 4 is 17.9 Å². The number of carbonyl (C=O) groups excluding carboxylic acids is 3. The average molecular weight is 466 g/mol. The van der Waals surface area contributed by atoms with E-state index in [2.05, 4.69) is 10.6 Å². The number of carbonyl (C=O) groups is 3. The van der Waals surface area contributed by atoms with Crippen LogP contribution < -0.4 is 10.6 Å². The number of hydrogen-bond acceptors (Lipinski definition) is 4. The molecule has 0 saturated carbocycles. The first kappa shape index (κ1) is 25.3. The fraction of sp³-hybridized carbons (Fsp3) is 0.444. The van der Waals surface area contributed by atoms with E-state index in [0.717, 1.165) is 24.0 Å². The Balaban J connectivity index is 1.58. The van der Waals surface area contributed by atoms with Crippen LogP contribution in [0, 0.1) is 5.92 Å². The minimum absolute atomic E-state index is 0.0153. The highest BCUT2D eigenvalue weighted by molar-refractivity contribution is 5.88. The Morgan fingerprint density at radius 3 is 2.06 bits per heavy atom. The minimum Gasteiger partial charge on any atom is -0.444 e. The summed E-state index contributed by atoms with van der Waals surface area (Å²) in [6.45, 7) is 7.00. The number of nitrogens with one attached hydrogen (secondary N) is 2. The smallest absolute Gasteiger partial charge is 0.407 e. The molecule has 1 fully saturated rings. The van der Waals surface area contributed by atoms with Gasteiger partial charge in [0, 0.05) is 26.2 Å². The quantitative estimate of drug-likeness (QED) is 0.611. The molecule has 1 unspecified atom stereocenters. The van der Waals surface area contributed by atoms with Crippen LogP contribution >= 0.6 is 0 Å². The molecule has 3 rings (SSSR count). The molecule has 0 aromatic heterocycles. The minimum atomic E-state index is -0.567. The molecule has 2 aromatic rings. The number of alkyl carbamates (subject to hydrolysis) is 1. The summed E-state index contributed by atoms with van der Waals surface area (Å²) in [5, 5.41) is 5.51. The maximum atomic E-state index is 13.6. The van der Waals surface area contributed by atoms with Crippen molar-refractivity contribution in [2.75, 3.05) is 26.2 Å². The van der Waals surface area contributed by atoms with Crippen molar-refractivity contribution in [1.82, 2.24) is 15.5 Å². The summed E-state index contributed by atoms with van der Waals surface area (Å²) in [6, 6.07) is 19.5. The second-order valence-electron chi connectivity index (χ2n) is 9.60. The van der Waals surface area contributed by atoms with E-state index in [1.807, 2.05) is 65.6 Å². The van der Waals surface area contributed by atoms with Crippen LogP contribution in [0.5, 0.6) is 0 Å². The van der Waals surface area contributed by atoms with E-state index in [1.54, 1.807) is 20.8 Å². The zero-order valence-electron chi connectivity index (χ0n) is 20.3. The molecule has 2 N–H and O–H groups in total. The zero-order chi connectivity index (χ0) is 24.6. The van der Waals surface area contributed by atoms with E-state index in [0.29, 0.717) is 19.6 Å². The number of piperidine rings is 1. The Kier molecular flexibility index (Phi) is 8.68. The first-order valence-electron chi connectivity index (χ1n) is 11.9. The molecule has 7 nitrogen and oxygen atoms in total. The lowest BCUT2D eigenvalue weighted by Crippen LogP contribution is -2.48. The van der Waals surface area contributed by atoms with Crippen molar-refractivity contribution in [1.29, 1.82) is 0 Å². The largest absolute Gasteiger partial charge is 0.444 e. The Morgan fingerprint density at radius 2 is 1.50 bits per heavy atom. The van der Waals surface area contributed by atoms with Gasteiger partial charge < -0.3 is 20.3 Å². The number of ether oxygens (including phenoxy) is 1. The maximum Gasteiger partial charge on any atom is 0.407 e. The third-order valence-corrected chi connectivity index (χ3v) is 5.71. The molecule has 7 heteroatoms. The van der Waals surface area contributed by atoms with Gasteiger partial charge >= 0.3 is 6.09 Å². The monoisotopic (exact) mass is 465 g/mol. The van der Waals surface area contributed by atoms with Crippen molar-refractivity contribution in [2.24, 2.45) is 5.92 Å². The van der Waals surface area contributed by atoms with E-state index in [9.17, 15) is 14.4 Å². The Hall–Kier alpha value is -3.35. The predicted molar refractivity (Wildman–Crippen MR) is 131 cm³/mol. The summed E-state index contributed by atoms with van der Waals surface area (Å²) < 4.78 is 5.19. The molecule has 1 heterocycles. The maximum absolute atomic E-state index is 13.6. The zero-order valence-corrected chi connectivity index (χ0v) is 20.3. The van der Waals surface area contributed by atoms with Crippen LogP contribution in [0.3, 0.4) is 0 Å². The lowest BCUT2D eigenvalue weighted by atomic mass is 9.88. The van der Waals surface area contributed by atoms with Gasteiger partial charge in [0.15, 0.2) is 0 Å². The first-order chi connectivity index (χ1) is 16.2. The van der Waals surface area contributed by atoms with Crippen LogP contribution in [0.1, 0.15) is 50.7 Å². The topological polar surface area (TPSA) is 87.7 Å². The number of likely N-dealkylation sites (tertiary alicyclic amines) is 1. The van der Waals surface area contributed by atoms with Crippen LogP contribution in [0.2, 0.25) is 0 Å². The third-order valence-electron chi connectivity index (χ3n) is 5.71. The van der Waals surface area contributed by atoms with Crippen LogP contribution in [0.4, 0.5) is 4.79 Å². The number of amides is 3. The number of hydrogen-bond donors (Lipinski definition) is 2. The molecular weight excluding hydrogens is 430 g/mol. The van der Waals surface area contributed by atoms with Gasteiger partial charge in [-0.25, -0.2) is 4.79 Å². The molecule has 0 spiro atoms. The van der Waals surface area contributed by atoms with E-state index >= 15 is 0 Å². The van der Waals surface area contributed by atoms with Gasteiger partial charge in [0.1, 0.15) is 5.60 Å². The summed E-state index contributed by atoms with van der Waals surface area (Å²) in [5.41, 5.74) is 1.32. The fourth-order valence-electron chi connectivity index (χ4n) is 4.15. The highest BCUT2D eigenvalue weighted by atomic mass is 16.6. The molecule has 2 aromatic carbocycles. The summed E-state index contributed by atoms with van der Waals surface area (Å²) in [6.07, 6.45) is 0.997. The Morgan fingerprint density at radius 1 is 0.941 bits per heavy atom. The fourth-order valence-corrected chi connectivity index (χ4v) is 4.15. The van der Waals surface area contributed by atoms with Gasteiger partial charge in [-0.1, -0.05) is 60.7 Å². The summed E-state index contributed by atoms with van der Waals surface area (Å²) in [5.74, 6) is -0.755. The van der Waals surface area contributed by atoms with Crippen LogP contribution in [-0.2, 0) is 14.3 Å². The molecule has 0 radical (unpaired) electrons. The molecular formula is C27H35N3O4. The lowest BCUT2D eigenvalue weighted by Gasteiger charge is -2.34. The van der Waals surface area contributed by atoms with Gasteiger partial charge in [-0.3, -0.25) is 9.59 Å². The summed E-state index contributed by atoms with van der Waals surface area (Å²) in [7, 11) is 0. The molecule has 1 atom stereocenters.